The Bertz CT molecular complexity index is 821. The molecule has 1 fully saturated rings. The molecule has 0 bridgehead atoms. The van der Waals surface area contributed by atoms with Crippen LogP contribution in [0.4, 0.5) is 0 Å². The summed E-state index contributed by atoms with van der Waals surface area (Å²) in [6, 6.07) is 8.16. The van der Waals surface area contributed by atoms with E-state index in [1.807, 2.05) is 12.1 Å². The van der Waals surface area contributed by atoms with Gasteiger partial charge in [-0.1, -0.05) is 28.9 Å². The average molecular weight is 356 g/mol. The van der Waals surface area contributed by atoms with Gasteiger partial charge in [-0.3, -0.25) is 9.88 Å². The number of hydrogen-bond donors (Lipinski definition) is 0. The van der Waals surface area contributed by atoms with Crippen LogP contribution in [-0.2, 0) is 6.54 Å². The summed E-state index contributed by atoms with van der Waals surface area (Å²) in [6.07, 6.45) is 7.21. The smallest absolute Gasteiger partial charge is 0.241 e. The van der Waals surface area contributed by atoms with Crippen LogP contribution in [0.15, 0.2) is 47.4 Å². The lowest BCUT2D eigenvalue weighted by Gasteiger charge is -2.32. The maximum Gasteiger partial charge on any atom is 0.241 e. The summed E-state index contributed by atoms with van der Waals surface area (Å²) < 4.78 is 5.39. The summed E-state index contributed by atoms with van der Waals surface area (Å²) >= 11 is 5.99. The van der Waals surface area contributed by atoms with Crippen molar-refractivity contribution < 1.29 is 4.52 Å². The van der Waals surface area contributed by atoms with Gasteiger partial charge in [-0.2, -0.15) is 4.98 Å². The molecule has 1 aliphatic heterocycles. The van der Waals surface area contributed by atoms with E-state index in [0.717, 1.165) is 24.5 Å². The number of halogens is 1. The zero-order chi connectivity index (χ0) is 17.1. The number of rotatable bonds is 4. The standard InChI is InChI=1S/C18H18ClN5O/c19-15-5-3-13(4-6-15)14-2-1-9-24(11-14)12-17-22-18(23-25-17)16-10-20-7-8-21-16/h3-8,10,14H,1-2,9,11-12H2. The van der Waals surface area contributed by atoms with Crippen molar-refractivity contribution in [1.29, 1.82) is 0 Å². The summed E-state index contributed by atoms with van der Waals surface area (Å²) in [5.41, 5.74) is 1.95. The monoisotopic (exact) mass is 355 g/mol. The van der Waals surface area contributed by atoms with Crippen molar-refractivity contribution in [2.45, 2.75) is 25.3 Å². The van der Waals surface area contributed by atoms with E-state index in [2.05, 4.69) is 37.1 Å². The van der Waals surface area contributed by atoms with Crippen LogP contribution in [0.3, 0.4) is 0 Å². The molecule has 0 N–H and O–H groups in total. The van der Waals surface area contributed by atoms with Gasteiger partial charge in [0.05, 0.1) is 12.7 Å². The van der Waals surface area contributed by atoms with Gasteiger partial charge in [0, 0.05) is 24.0 Å². The van der Waals surface area contributed by atoms with Crippen molar-refractivity contribution in [2.24, 2.45) is 0 Å². The number of hydrogen-bond acceptors (Lipinski definition) is 6. The molecule has 1 saturated heterocycles. The number of nitrogens with zero attached hydrogens (tertiary/aromatic N) is 5. The van der Waals surface area contributed by atoms with E-state index in [0.29, 0.717) is 29.9 Å². The highest BCUT2D eigenvalue weighted by atomic mass is 35.5. The molecule has 1 aliphatic rings. The minimum absolute atomic E-state index is 0.481. The molecule has 1 atom stereocenters. The molecule has 3 heterocycles. The van der Waals surface area contributed by atoms with E-state index < -0.39 is 0 Å². The molecule has 4 rings (SSSR count). The van der Waals surface area contributed by atoms with Crippen LogP contribution < -0.4 is 0 Å². The largest absolute Gasteiger partial charge is 0.337 e. The third-order valence-electron chi connectivity index (χ3n) is 4.47. The Morgan fingerprint density at radius 2 is 2.08 bits per heavy atom. The molecule has 0 radical (unpaired) electrons. The fraction of sp³-hybridized carbons (Fsp3) is 0.333. The van der Waals surface area contributed by atoms with Gasteiger partial charge in [0.2, 0.25) is 11.7 Å². The fourth-order valence-corrected chi connectivity index (χ4v) is 3.36. The van der Waals surface area contributed by atoms with Crippen molar-refractivity contribution in [3.8, 4) is 11.5 Å². The van der Waals surface area contributed by atoms with Crippen molar-refractivity contribution in [3.05, 3.63) is 59.3 Å². The van der Waals surface area contributed by atoms with Crippen LogP contribution >= 0.6 is 11.6 Å². The Hall–Kier alpha value is -2.31. The molecular formula is C18H18ClN5O. The molecule has 0 aliphatic carbocycles. The molecule has 0 spiro atoms. The molecule has 1 aromatic carbocycles. The molecule has 0 amide bonds. The van der Waals surface area contributed by atoms with Gasteiger partial charge in [0.1, 0.15) is 5.69 Å². The van der Waals surface area contributed by atoms with E-state index in [4.69, 9.17) is 16.1 Å². The number of aromatic nitrogens is 4. The summed E-state index contributed by atoms with van der Waals surface area (Å²) in [5, 5.41) is 4.79. The number of benzene rings is 1. The van der Waals surface area contributed by atoms with Gasteiger partial charge in [-0.15, -0.1) is 0 Å². The second-order valence-electron chi connectivity index (χ2n) is 6.23. The summed E-state index contributed by atoms with van der Waals surface area (Å²) in [7, 11) is 0. The van der Waals surface area contributed by atoms with Crippen LogP contribution in [0.2, 0.25) is 5.02 Å². The molecule has 25 heavy (non-hydrogen) atoms. The van der Waals surface area contributed by atoms with E-state index in [-0.39, 0.29) is 0 Å². The highest BCUT2D eigenvalue weighted by Crippen LogP contribution is 2.28. The van der Waals surface area contributed by atoms with E-state index in [1.165, 1.54) is 12.0 Å². The highest BCUT2D eigenvalue weighted by Gasteiger charge is 2.23. The Morgan fingerprint density at radius 3 is 2.88 bits per heavy atom. The molecule has 0 saturated carbocycles. The topological polar surface area (TPSA) is 67.9 Å². The first-order valence-electron chi connectivity index (χ1n) is 8.35. The fourth-order valence-electron chi connectivity index (χ4n) is 3.24. The van der Waals surface area contributed by atoms with Gasteiger partial charge in [0.15, 0.2) is 0 Å². The van der Waals surface area contributed by atoms with Crippen molar-refractivity contribution in [1.82, 2.24) is 25.0 Å². The number of piperidine rings is 1. The molecule has 7 heteroatoms. The highest BCUT2D eigenvalue weighted by molar-refractivity contribution is 6.30. The summed E-state index contributed by atoms with van der Waals surface area (Å²) in [5.74, 6) is 1.60. The van der Waals surface area contributed by atoms with E-state index in [1.54, 1.807) is 18.6 Å². The molecular weight excluding hydrogens is 338 g/mol. The predicted molar refractivity (Wildman–Crippen MR) is 94.0 cm³/mol. The first-order chi connectivity index (χ1) is 12.3. The van der Waals surface area contributed by atoms with Crippen LogP contribution in [0.5, 0.6) is 0 Å². The third-order valence-corrected chi connectivity index (χ3v) is 4.72. The zero-order valence-electron chi connectivity index (χ0n) is 13.7. The lowest BCUT2D eigenvalue weighted by Crippen LogP contribution is -2.34. The summed E-state index contributed by atoms with van der Waals surface area (Å²) in [6.45, 7) is 2.66. The van der Waals surface area contributed by atoms with Crippen LogP contribution in [-0.4, -0.2) is 38.1 Å². The average Bonchev–Trinajstić information content (AvgIpc) is 3.12. The maximum atomic E-state index is 5.99. The maximum absolute atomic E-state index is 5.99. The van der Waals surface area contributed by atoms with Crippen molar-refractivity contribution in [3.63, 3.8) is 0 Å². The Morgan fingerprint density at radius 1 is 1.20 bits per heavy atom. The number of likely N-dealkylation sites (tertiary alicyclic amines) is 1. The Labute approximate surface area is 150 Å². The second-order valence-corrected chi connectivity index (χ2v) is 6.66. The lowest BCUT2D eigenvalue weighted by molar-refractivity contribution is 0.177. The molecule has 6 nitrogen and oxygen atoms in total. The first-order valence-corrected chi connectivity index (χ1v) is 8.72. The normalized spacial score (nSPS) is 18.4. The first kappa shape index (κ1) is 16.2. The Kier molecular flexibility index (Phi) is 4.72. The van der Waals surface area contributed by atoms with Gasteiger partial charge >= 0.3 is 0 Å². The Balaban J connectivity index is 1.42. The molecule has 2 aromatic heterocycles. The lowest BCUT2D eigenvalue weighted by atomic mass is 9.91. The van der Waals surface area contributed by atoms with Gasteiger partial charge in [0.25, 0.3) is 0 Å². The van der Waals surface area contributed by atoms with Crippen molar-refractivity contribution in [2.75, 3.05) is 13.1 Å². The van der Waals surface area contributed by atoms with Gasteiger partial charge in [-0.05, 0) is 43.0 Å². The van der Waals surface area contributed by atoms with E-state index >= 15 is 0 Å². The third kappa shape index (κ3) is 3.86. The SMILES string of the molecule is Clc1ccc(C2CCCN(Cc3nc(-c4cnccn4)no3)C2)cc1. The van der Waals surface area contributed by atoms with Crippen LogP contribution in [0, 0.1) is 0 Å². The minimum atomic E-state index is 0.481. The van der Waals surface area contributed by atoms with Gasteiger partial charge in [-0.25, -0.2) is 4.98 Å². The molecule has 1 unspecified atom stereocenters. The van der Waals surface area contributed by atoms with Gasteiger partial charge < -0.3 is 4.52 Å². The second kappa shape index (κ2) is 7.29. The zero-order valence-corrected chi connectivity index (χ0v) is 14.4. The van der Waals surface area contributed by atoms with Crippen LogP contribution in [0.1, 0.15) is 30.2 Å². The molecule has 3 aromatic rings. The molecule has 128 valence electrons. The predicted octanol–water partition coefficient (Wildman–Crippen LogP) is 3.56. The van der Waals surface area contributed by atoms with Crippen molar-refractivity contribution >= 4 is 11.6 Å². The van der Waals surface area contributed by atoms with Crippen LogP contribution in [0.25, 0.3) is 11.5 Å². The minimum Gasteiger partial charge on any atom is -0.337 e. The summed E-state index contributed by atoms with van der Waals surface area (Å²) in [4.78, 5) is 15.0. The quantitative estimate of drug-likeness (QED) is 0.712. The van der Waals surface area contributed by atoms with E-state index in [9.17, 15) is 0 Å².